The molecule has 0 bridgehead atoms. The molecule has 0 saturated carbocycles. The van der Waals surface area contributed by atoms with Crippen LogP contribution in [0.3, 0.4) is 0 Å². The monoisotopic (exact) mass is 251 g/mol. The zero-order valence-electron chi connectivity index (χ0n) is 10.5. The van der Waals surface area contributed by atoms with E-state index in [0.717, 1.165) is 22.4 Å². The molecule has 0 aliphatic rings. The van der Waals surface area contributed by atoms with Gasteiger partial charge in [0.25, 0.3) is 0 Å². The zero-order valence-corrected chi connectivity index (χ0v) is 10.5. The van der Waals surface area contributed by atoms with E-state index in [2.05, 4.69) is 25.6 Å². The van der Waals surface area contributed by atoms with Gasteiger partial charge in [0, 0.05) is 18.6 Å². The molecule has 3 rings (SSSR count). The van der Waals surface area contributed by atoms with Crippen LogP contribution in [0, 0.1) is 0 Å². The van der Waals surface area contributed by atoms with E-state index in [1.165, 1.54) is 0 Å². The van der Waals surface area contributed by atoms with Crippen molar-refractivity contribution in [3.8, 4) is 0 Å². The van der Waals surface area contributed by atoms with Gasteiger partial charge in [0.05, 0.1) is 17.4 Å². The Bertz CT molecular complexity index is 697. The smallest absolute Gasteiger partial charge is 0.229 e. The minimum Gasteiger partial charge on any atom is -0.372 e. The molecule has 0 atom stereocenters. The van der Waals surface area contributed by atoms with Gasteiger partial charge in [0.15, 0.2) is 0 Å². The first kappa shape index (κ1) is 11.4. The maximum absolute atomic E-state index is 4.49. The van der Waals surface area contributed by atoms with Crippen LogP contribution in [-0.2, 0) is 0 Å². The first-order valence-electron chi connectivity index (χ1n) is 5.98. The van der Waals surface area contributed by atoms with Gasteiger partial charge >= 0.3 is 0 Å². The number of pyridine rings is 1. The van der Waals surface area contributed by atoms with E-state index in [0.29, 0.717) is 5.95 Å². The summed E-state index contributed by atoms with van der Waals surface area (Å²) in [6.07, 6.45) is 3.46. The minimum atomic E-state index is 0.552. The van der Waals surface area contributed by atoms with E-state index in [1.54, 1.807) is 12.4 Å². The lowest BCUT2D eigenvalue weighted by atomic mass is 10.2. The van der Waals surface area contributed by atoms with Crippen LogP contribution in [0.1, 0.15) is 0 Å². The molecule has 3 aromatic rings. The molecule has 0 fully saturated rings. The second-order valence-corrected chi connectivity index (χ2v) is 4.03. The van der Waals surface area contributed by atoms with E-state index >= 15 is 0 Å². The van der Waals surface area contributed by atoms with Crippen LogP contribution in [0.4, 0.5) is 17.5 Å². The van der Waals surface area contributed by atoms with E-state index in [9.17, 15) is 0 Å². The van der Waals surface area contributed by atoms with Gasteiger partial charge in [-0.2, -0.15) is 4.98 Å². The fourth-order valence-electron chi connectivity index (χ4n) is 1.89. The van der Waals surface area contributed by atoms with Crippen LogP contribution in [0.25, 0.3) is 10.9 Å². The number of para-hydroxylation sites is 1. The van der Waals surface area contributed by atoms with Gasteiger partial charge in [-0.15, -0.1) is 0 Å². The molecule has 2 N–H and O–H groups in total. The maximum atomic E-state index is 4.49. The Morgan fingerprint density at radius 3 is 2.68 bits per heavy atom. The molecule has 0 unspecified atom stereocenters. The van der Waals surface area contributed by atoms with Crippen LogP contribution < -0.4 is 10.6 Å². The molecule has 19 heavy (non-hydrogen) atoms. The molecule has 0 aliphatic heterocycles. The highest BCUT2D eigenvalue weighted by molar-refractivity contribution is 5.90. The van der Waals surface area contributed by atoms with Crippen molar-refractivity contribution in [2.45, 2.75) is 0 Å². The number of fused-ring (bicyclic) bond motifs is 1. The predicted molar refractivity (Wildman–Crippen MR) is 76.6 cm³/mol. The summed E-state index contributed by atoms with van der Waals surface area (Å²) in [5, 5.41) is 7.24. The van der Waals surface area contributed by atoms with Gasteiger partial charge in [0.1, 0.15) is 5.82 Å². The van der Waals surface area contributed by atoms with Crippen LogP contribution in [0.15, 0.2) is 48.8 Å². The highest BCUT2D eigenvalue weighted by Gasteiger charge is 2.06. The van der Waals surface area contributed by atoms with Crippen molar-refractivity contribution in [3.63, 3.8) is 0 Å². The normalized spacial score (nSPS) is 10.4. The topological polar surface area (TPSA) is 62.7 Å². The van der Waals surface area contributed by atoms with Crippen molar-refractivity contribution >= 4 is 28.4 Å². The average molecular weight is 251 g/mol. The highest BCUT2D eigenvalue weighted by atomic mass is 15.1. The molecule has 5 heteroatoms. The number of benzene rings is 1. The Kier molecular flexibility index (Phi) is 2.94. The Labute approximate surface area is 110 Å². The third-order valence-electron chi connectivity index (χ3n) is 2.76. The van der Waals surface area contributed by atoms with Gasteiger partial charge in [-0.3, -0.25) is 4.98 Å². The van der Waals surface area contributed by atoms with Crippen LogP contribution in [0.2, 0.25) is 0 Å². The zero-order chi connectivity index (χ0) is 13.1. The summed E-state index contributed by atoms with van der Waals surface area (Å²) in [6, 6.07) is 11.7. The molecule has 0 radical (unpaired) electrons. The van der Waals surface area contributed by atoms with Crippen molar-refractivity contribution < 1.29 is 0 Å². The van der Waals surface area contributed by atoms with Crippen molar-refractivity contribution in [2.24, 2.45) is 0 Å². The number of nitrogens with zero attached hydrogens (tertiary/aromatic N) is 3. The minimum absolute atomic E-state index is 0.552. The van der Waals surface area contributed by atoms with Crippen LogP contribution in [0.5, 0.6) is 0 Å². The Balaban J connectivity index is 2.05. The maximum Gasteiger partial charge on any atom is 0.229 e. The van der Waals surface area contributed by atoms with Crippen molar-refractivity contribution in [3.05, 3.63) is 48.8 Å². The summed E-state index contributed by atoms with van der Waals surface area (Å²) in [4.78, 5) is 13.0. The summed E-state index contributed by atoms with van der Waals surface area (Å²) in [6.45, 7) is 0. The molecule has 0 amide bonds. The molecular formula is C14H13N5. The number of anilines is 3. The second-order valence-electron chi connectivity index (χ2n) is 4.03. The predicted octanol–water partition coefficient (Wildman–Crippen LogP) is 2.81. The molecule has 1 aromatic carbocycles. The number of hydrogen-bond donors (Lipinski definition) is 2. The summed E-state index contributed by atoms with van der Waals surface area (Å²) < 4.78 is 0. The van der Waals surface area contributed by atoms with E-state index in [-0.39, 0.29) is 0 Å². The fraction of sp³-hybridized carbons (Fsp3) is 0.0714. The lowest BCUT2D eigenvalue weighted by Crippen LogP contribution is -2.02. The van der Waals surface area contributed by atoms with E-state index < -0.39 is 0 Å². The summed E-state index contributed by atoms with van der Waals surface area (Å²) in [7, 11) is 1.85. The second kappa shape index (κ2) is 4.89. The molecule has 0 aliphatic carbocycles. The molecule has 94 valence electrons. The fourth-order valence-corrected chi connectivity index (χ4v) is 1.89. The lowest BCUT2D eigenvalue weighted by molar-refractivity contribution is 1.19. The highest BCUT2D eigenvalue weighted by Crippen LogP contribution is 2.22. The van der Waals surface area contributed by atoms with Gasteiger partial charge in [0.2, 0.25) is 5.95 Å². The number of rotatable bonds is 3. The first-order chi connectivity index (χ1) is 9.36. The van der Waals surface area contributed by atoms with Gasteiger partial charge < -0.3 is 10.6 Å². The van der Waals surface area contributed by atoms with Gasteiger partial charge in [-0.05, 0) is 24.3 Å². The molecule has 2 aromatic heterocycles. The third kappa shape index (κ3) is 2.30. The third-order valence-corrected chi connectivity index (χ3v) is 2.76. The Morgan fingerprint density at radius 1 is 1.00 bits per heavy atom. The number of nitrogens with one attached hydrogen (secondary N) is 2. The molecule has 0 spiro atoms. The molecule has 5 nitrogen and oxygen atoms in total. The molecule has 0 saturated heterocycles. The van der Waals surface area contributed by atoms with Crippen LogP contribution >= 0.6 is 0 Å². The van der Waals surface area contributed by atoms with Crippen molar-refractivity contribution in [2.75, 3.05) is 17.7 Å². The largest absolute Gasteiger partial charge is 0.372 e. The number of aromatic nitrogens is 3. The van der Waals surface area contributed by atoms with Crippen molar-refractivity contribution in [1.82, 2.24) is 15.0 Å². The van der Waals surface area contributed by atoms with Crippen molar-refractivity contribution in [1.29, 1.82) is 0 Å². The van der Waals surface area contributed by atoms with E-state index in [1.807, 2.05) is 43.4 Å². The standard InChI is InChI=1S/C14H13N5/c1-15-13-11-6-2-3-7-12(11)18-14(19-13)17-10-5-4-8-16-9-10/h2-9H,1H3,(H2,15,17,18,19). The SMILES string of the molecule is CNc1nc(Nc2cccnc2)nc2ccccc12. The Morgan fingerprint density at radius 2 is 1.89 bits per heavy atom. The average Bonchev–Trinajstić information content (AvgIpc) is 2.47. The Hall–Kier alpha value is -2.69. The van der Waals surface area contributed by atoms with Gasteiger partial charge in [-0.1, -0.05) is 12.1 Å². The lowest BCUT2D eigenvalue weighted by Gasteiger charge is -2.09. The molecular weight excluding hydrogens is 238 g/mol. The van der Waals surface area contributed by atoms with Crippen LogP contribution in [-0.4, -0.2) is 22.0 Å². The van der Waals surface area contributed by atoms with E-state index in [4.69, 9.17) is 0 Å². The summed E-state index contributed by atoms with van der Waals surface area (Å²) in [5.41, 5.74) is 1.76. The summed E-state index contributed by atoms with van der Waals surface area (Å²) >= 11 is 0. The quantitative estimate of drug-likeness (QED) is 0.749. The van der Waals surface area contributed by atoms with Gasteiger partial charge in [-0.25, -0.2) is 4.98 Å². The first-order valence-corrected chi connectivity index (χ1v) is 5.98. The molecule has 2 heterocycles. The summed E-state index contributed by atoms with van der Waals surface area (Å²) in [5.74, 6) is 1.35. The number of hydrogen-bond acceptors (Lipinski definition) is 5.